The summed E-state index contributed by atoms with van der Waals surface area (Å²) in [6, 6.07) is 2.34. The van der Waals surface area contributed by atoms with E-state index in [4.69, 9.17) is 0 Å². The average Bonchev–Trinajstić information content (AvgIpc) is 3.25. The number of amides is 1. The molecular weight excluding hydrogens is 292 g/mol. The molecule has 4 rings (SSSR count). The van der Waals surface area contributed by atoms with Crippen LogP contribution in [0.2, 0.25) is 0 Å². The van der Waals surface area contributed by atoms with E-state index in [-0.39, 0.29) is 11.9 Å². The van der Waals surface area contributed by atoms with Crippen LogP contribution in [0, 0.1) is 13.8 Å². The highest BCUT2D eigenvalue weighted by Gasteiger charge is 2.31. The topological polar surface area (TPSA) is 60.4 Å². The Kier molecular flexibility index (Phi) is 3.04. The number of carbonyl (C=O) groups excluding carboxylic acids is 1. The molecular formula is C16H20N6O. The Morgan fingerprint density at radius 3 is 2.87 bits per heavy atom. The first-order valence-corrected chi connectivity index (χ1v) is 7.85. The third-order valence-corrected chi connectivity index (χ3v) is 4.61. The minimum atomic E-state index is 0.0471. The van der Waals surface area contributed by atoms with Crippen molar-refractivity contribution in [1.82, 2.24) is 28.9 Å². The summed E-state index contributed by atoms with van der Waals surface area (Å²) < 4.78 is 5.72. The van der Waals surface area contributed by atoms with Gasteiger partial charge in [-0.1, -0.05) is 0 Å². The van der Waals surface area contributed by atoms with E-state index in [0.717, 1.165) is 30.0 Å². The van der Waals surface area contributed by atoms with E-state index >= 15 is 0 Å². The smallest absolute Gasteiger partial charge is 0.259 e. The summed E-state index contributed by atoms with van der Waals surface area (Å²) in [5.41, 5.74) is 3.67. The van der Waals surface area contributed by atoms with Crippen molar-refractivity contribution in [3.8, 4) is 0 Å². The molecule has 1 fully saturated rings. The Bertz CT molecular complexity index is 886. The molecule has 7 heteroatoms. The van der Waals surface area contributed by atoms with E-state index in [1.165, 1.54) is 0 Å². The Morgan fingerprint density at radius 2 is 2.13 bits per heavy atom. The second-order valence-electron chi connectivity index (χ2n) is 6.30. The van der Waals surface area contributed by atoms with Crippen molar-refractivity contribution < 1.29 is 4.79 Å². The molecule has 0 bridgehead atoms. The Balaban J connectivity index is 1.59. The molecule has 1 aliphatic heterocycles. The van der Waals surface area contributed by atoms with Crippen LogP contribution in [0.15, 0.2) is 24.7 Å². The third kappa shape index (κ3) is 2.15. The van der Waals surface area contributed by atoms with Gasteiger partial charge in [0.1, 0.15) is 11.2 Å². The van der Waals surface area contributed by atoms with E-state index < -0.39 is 0 Å². The van der Waals surface area contributed by atoms with E-state index in [1.54, 1.807) is 10.7 Å². The van der Waals surface area contributed by atoms with Gasteiger partial charge in [0, 0.05) is 38.2 Å². The Hall–Kier alpha value is -2.57. The fraction of sp³-hybridized carbons (Fsp3) is 0.438. The number of nitrogens with zero attached hydrogens (tertiary/aromatic N) is 6. The molecule has 0 saturated carbocycles. The highest BCUT2D eigenvalue weighted by Crippen LogP contribution is 2.25. The van der Waals surface area contributed by atoms with Gasteiger partial charge in [-0.2, -0.15) is 10.2 Å². The van der Waals surface area contributed by atoms with Crippen LogP contribution in [0.1, 0.15) is 34.2 Å². The second kappa shape index (κ2) is 4.97. The van der Waals surface area contributed by atoms with Crippen LogP contribution in [-0.2, 0) is 7.05 Å². The van der Waals surface area contributed by atoms with Crippen LogP contribution in [0.4, 0.5) is 0 Å². The fourth-order valence-corrected chi connectivity index (χ4v) is 3.51. The standard InChI is InChI=1S/C16H20N6O/c1-11-8-12(2)22(18-11)13-4-5-20(10-13)16(23)14-9-17-21-7-6-19(3)15(14)21/h6-9,13H,4-5,10H2,1-3H3/t13-/m0/s1. The van der Waals surface area contributed by atoms with Crippen molar-refractivity contribution in [1.29, 1.82) is 0 Å². The minimum Gasteiger partial charge on any atom is -0.336 e. The zero-order valence-electron chi connectivity index (χ0n) is 13.6. The molecule has 0 spiro atoms. The third-order valence-electron chi connectivity index (χ3n) is 4.61. The maximum Gasteiger partial charge on any atom is 0.259 e. The lowest BCUT2D eigenvalue weighted by Crippen LogP contribution is -2.29. The van der Waals surface area contributed by atoms with Gasteiger partial charge in [-0.3, -0.25) is 9.48 Å². The van der Waals surface area contributed by atoms with Crippen molar-refractivity contribution in [2.75, 3.05) is 13.1 Å². The highest BCUT2D eigenvalue weighted by molar-refractivity contribution is 6.00. The van der Waals surface area contributed by atoms with E-state index in [9.17, 15) is 4.79 Å². The van der Waals surface area contributed by atoms with Crippen molar-refractivity contribution in [3.05, 3.63) is 41.6 Å². The van der Waals surface area contributed by atoms with Crippen molar-refractivity contribution in [2.45, 2.75) is 26.3 Å². The molecule has 0 aromatic carbocycles. The summed E-state index contributed by atoms with van der Waals surface area (Å²) in [6.07, 6.45) is 6.36. The molecule has 1 aliphatic rings. The molecule has 1 atom stereocenters. The number of hydrogen-bond acceptors (Lipinski definition) is 3. The first kappa shape index (κ1) is 14.0. The van der Waals surface area contributed by atoms with Gasteiger partial charge in [-0.15, -0.1) is 0 Å². The molecule has 0 aliphatic carbocycles. The monoisotopic (exact) mass is 312 g/mol. The molecule has 1 saturated heterocycles. The summed E-state index contributed by atoms with van der Waals surface area (Å²) in [5, 5.41) is 8.82. The predicted molar refractivity (Wildman–Crippen MR) is 85.4 cm³/mol. The fourth-order valence-electron chi connectivity index (χ4n) is 3.51. The molecule has 4 heterocycles. The van der Waals surface area contributed by atoms with Crippen LogP contribution in [-0.4, -0.2) is 47.9 Å². The van der Waals surface area contributed by atoms with Crippen LogP contribution in [0.25, 0.3) is 5.65 Å². The van der Waals surface area contributed by atoms with Gasteiger partial charge in [0.15, 0.2) is 0 Å². The van der Waals surface area contributed by atoms with Crippen LogP contribution in [0.3, 0.4) is 0 Å². The van der Waals surface area contributed by atoms with E-state index in [0.29, 0.717) is 12.1 Å². The Labute approximate surface area is 134 Å². The summed E-state index contributed by atoms with van der Waals surface area (Å²) in [5.74, 6) is 0.0471. The van der Waals surface area contributed by atoms with Crippen LogP contribution < -0.4 is 0 Å². The van der Waals surface area contributed by atoms with E-state index in [2.05, 4.69) is 27.9 Å². The molecule has 23 heavy (non-hydrogen) atoms. The second-order valence-corrected chi connectivity index (χ2v) is 6.30. The predicted octanol–water partition coefficient (Wildman–Crippen LogP) is 1.57. The number of hydrogen-bond donors (Lipinski definition) is 0. The number of aryl methyl sites for hydroxylation is 3. The molecule has 1 amide bonds. The van der Waals surface area contributed by atoms with Gasteiger partial charge in [0.25, 0.3) is 5.91 Å². The zero-order chi connectivity index (χ0) is 16.1. The van der Waals surface area contributed by atoms with Crippen molar-refractivity contribution in [2.24, 2.45) is 7.05 Å². The normalized spacial score (nSPS) is 18.2. The molecule has 0 N–H and O–H groups in total. The SMILES string of the molecule is Cc1cc(C)n([C@H]2CCN(C(=O)c3cnn4ccn(C)c34)C2)n1. The quantitative estimate of drug-likeness (QED) is 0.722. The maximum absolute atomic E-state index is 12.9. The van der Waals surface area contributed by atoms with E-state index in [1.807, 2.05) is 35.8 Å². The maximum atomic E-state index is 12.9. The van der Waals surface area contributed by atoms with Gasteiger partial charge in [0.05, 0.1) is 17.9 Å². The summed E-state index contributed by atoms with van der Waals surface area (Å²) >= 11 is 0. The number of rotatable bonds is 2. The largest absolute Gasteiger partial charge is 0.336 e. The van der Waals surface area contributed by atoms with Gasteiger partial charge >= 0.3 is 0 Å². The summed E-state index contributed by atoms with van der Waals surface area (Å²) in [6.45, 7) is 5.52. The lowest BCUT2D eigenvalue weighted by atomic mass is 10.2. The first-order chi connectivity index (χ1) is 11.0. The van der Waals surface area contributed by atoms with Crippen molar-refractivity contribution >= 4 is 11.6 Å². The number of likely N-dealkylation sites (tertiary alicyclic amines) is 1. The zero-order valence-corrected chi connectivity index (χ0v) is 13.6. The molecule has 120 valence electrons. The van der Waals surface area contributed by atoms with Crippen LogP contribution >= 0.6 is 0 Å². The Morgan fingerprint density at radius 1 is 1.30 bits per heavy atom. The average molecular weight is 312 g/mol. The first-order valence-electron chi connectivity index (χ1n) is 7.85. The number of aromatic nitrogens is 5. The highest BCUT2D eigenvalue weighted by atomic mass is 16.2. The van der Waals surface area contributed by atoms with Crippen molar-refractivity contribution in [3.63, 3.8) is 0 Å². The molecule has 7 nitrogen and oxygen atoms in total. The lowest BCUT2D eigenvalue weighted by Gasteiger charge is -2.17. The minimum absolute atomic E-state index is 0.0471. The lowest BCUT2D eigenvalue weighted by molar-refractivity contribution is 0.0788. The van der Waals surface area contributed by atoms with Gasteiger partial charge in [0.2, 0.25) is 0 Å². The van der Waals surface area contributed by atoms with Gasteiger partial charge < -0.3 is 9.47 Å². The summed E-state index contributed by atoms with van der Waals surface area (Å²) in [7, 11) is 1.93. The van der Waals surface area contributed by atoms with Crippen LogP contribution in [0.5, 0.6) is 0 Å². The summed E-state index contributed by atoms with van der Waals surface area (Å²) in [4.78, 5) is 14.8. The number of carbonyl (C=O) groups is 1. The number of imidazole rings is 1. The van der Waals surface area contributed by atoms with Gasteiger partial charge in [-0.05, 0) is 26.3 Å². The molecule has 0 radical (unpaired) electrons. The molecule has 3 aromatic rings. The molecule has 3 aromatic heterocycles. The molecule has 0 unspecified atom stereocenters. The number of fused-ring (bicyclic) bond motifs is 1. The van der Waals surface area contributed by atoms with Gasteiger partial charge in [-0.25, -0.2) is 4.52 Å².